The Kier molecular flexibility index (Phi) is 5.98. The van der Waals surface area contributed by atoms with E-state index in [-0.39, 0.29) is 5.91 Å². The van der Waals surface area contributed by atoms with Crippen molar-refractivity contribution in [1.29, 1.82) is 0 Å². The fourth-order valence-electron chi connectivity index (χ4n) is 3.29. The van der Waals surface area contributed by atoms with Gasteiger partial charge in [0.2, 0.25) is 0 Å². The fraction of sp³-hybridized carbons (Fsp3) is 0.0833. The third kappa shape index (κ3) is 4.29. The largest absolute Gasteiger partial charge is 0.497 e. The molecular formula is C24H18Cl2N2O3. The minimum atomic E-state index is -0.323. The summed E-state index contributed by atoms with van der Waals surface area (Å²) >= 11 is 12.3. The predicted octanol–water partition coefficient (Wildman–Crippen LogP) is 6.48. The van der Waals surface area contributed by atoms with E-state index in [9.17, 15) is 4.79 Å². The third-order valence-electron chi connectivity index (χ3n) is 4.82. The number of amides is 1. The highest BCUT2D eigenvalue weighted by Crippen LogP contribution is 2.35. The van der Waals surface area contributed by atoms with E-state index in [1.165, 1.54) is 0 Å². The highest BCUT2D eigenvalue weighted by atomic mass is 35.5. The SMILES string of the molecule is COc1ccc(-c2cc(C(=O)Nc3cc(Cl)ccc3Cl)c3ccccc3n2)c(OC)c1. The van der Waals surface area contributed by atoms with Gasteiger partial charge in [-0.1, -0.05) is 41.4 Å². The molecule has 7 heteroatoms. The zero-order valence-electron chi connectivity index (χ0n) is 16.8. The summed E-state index contributed by atoms with van der Waals surface area (Å²) < 4.78 is 10.8. The molecule has 0 saturated heterocycles. The maximum absolute atomic E-state index is 13.2. The Morgan fingerprint density at radius 3 is 2.52 bits per heavy atom. The zero-order valence-corrected chi connectivity index (χ0v) is 18.3. The first-order chi connectivity index (χ1) is 15.0. The summed E-state index contributed by atoms with van der Waals surface area (Å²) in [6, 6.07) is 19.5. The Labute approximate surface area is 189 Å². The van der Waals surface area contributed by atoms with Crippen LogP contribution < -0.4 is 14.8 Å². The van der Waals surface area contributed by atoms with Crippen molar-refractivity contribution in [3.05, 3.63) is 82.3 Å². The minimum absolute atomic E-state index is 0.323. The molecule has 0 spiro atoms. The van der Waals surface area contributed by atoms with Crippen molar-refractivity contribution in [2.75, 3.05) is 19.5 Å². The second kappa shape index (κ2) is 8.84. The molecule has 0 aliphatic heterocycles. The Balaban J connectivity index is 1.84. The van der Waals surface area contributed by atoms with E-state index < -0.39 is 0 Å². The summed E-state index contributed by atoms with van der Waals surface area (Å²) in [7, 11) is 3.17. The summed E-state index contributed by atoms with van der Waals surface area (Å²) in [5.74, 6) is 0.929. The van der Waals surface area contributed by atoms with Crippen molar-refractivity contribution in [2.45, 2.75) is 0 Å². The summed E-state index contributed by atoms with van der Waals surface area (Å²) in [6.07, 6.45) is 0. The molecule has 3 aromatic carbocycles. The average Bonchev–Trinajstić information content (AvgIpc) is 2.80. The highest BCUT2D eigenvalue weighted by molar-refractivity contribution is 6.36. The number of hydrogen-bond donors (Lipinski definition) is 1. The average molecular weight is 453 g/mol. The molecule has 156 valence electrons. The first-order valence-corrected chi connectivity index (χ1v) is 10.1. The molecule has 0 aliphatic rings. The summed E-state index contributed by atoms with van der Waals surface area (Å²) in [5, 5.41) is 4.44. The number of fused-ring (bicyclic) bond motifs is 1. The van der Waals surface area contributed by atoms with Crippen molar-refractivity contribution in [2.24, 2.45) is 0 Å². The number of carbonyl (C=O) groups excluding carboxylic acids is 1. The second-order valence-corrected chi connectivity index (χ2v) is 7.56. The maximum atomic E-state index is 13.2. The number of benzene rings is 3. The standard InChI is InChI=1S/C24H18Cl2N2O3/c1-30-15-8-9-17(23(12-15)31-2)21-13-18(16-5-3-4-6-20(16)27-21)24(29)28-22-11-14(25)7-10-19(22)26/h3-13H,1-2H3,(H,28,29). The first-order valence-electron chi connectivity index (χ1n) is 9.38. The number of halogens is 2. The van der Waals surface area contributed by atoms with Crippen LogP contribution in [-0.4, -0.2) is 25.1 Å². The normalized spacial score (nSPS) is 10.7. The number of nitrogens with zero attached hydrogens (tertiary/aromatic N) is 1. The fourth-order valence-corrected chi connectivity index (χ4v) is 3.63. The van der Waals surface area contributed by atoms with Gasteiger partial charge in [-0.2, -0.15) is 0 Å². The van der Waals surface area contributed by atoms with Crippen LogP contribution in [0.15, 0.2) is 66.7 Å². The Morgan fingerprint density at radius 2 is 1.74 bits per heavy atom. The topological polar surface area (TPSA) is 60.5 Å². The molecule has 1 heterocycles. The van der Waals surface area contributed by atoms with E-state index in [4.69, 9.17) is 37.7 Å². The van der Waals surface area contributed by atoms with E-state index in [0.717, 1.165) is 10.9 Å². The van der Waals surface area contributed by atoms with Gasteiger partial charge < -0.3 is 14.8 Å². The summed E-state index contributed by atoms with van der Waals surface area (Å²) in [4.78, 5) is 18.0. The van der Waals surface area contributed by atoms with E-state index in [1.54, 1.807) is 44.6 Å². The van der Waals surface area contributed by atoms with Crippen LogP contribution in [0.25, 0.3) is 22.2 Å². The van der Waals surface area contributed by atoms with Crippen LogP contribution in [-0.2, 0) is 0 Å². The van der Waals surface area contributed by atoms with Gasteiger partial charge in [-0.25, -0.2) is 4.98 Å². The van der Waals surface area contributed by atoms with E-state index >= 15 is 0 Å². The lowest BCUT2D eigenvalue weighted by Gasteiger charge is -2.14. The zero-order chi connectivity index (χ0) is 22.0. The lowest BCUT2D eigenvalue weighted by molar-refractivity contribution is 0.102. The van der Waals surface area contributed by atoms with Crippen LogP contribution in [0.4, 0.5) is 5.69 Å². The van der Waals surface area contributed by atoms with Gasteiger partial charge in [0.05, 0.1) is 41.7 Å². The predicted molar refractivity (Wildman–Crippen MR) is 125 cm³/mol. The summed E-state index contributed by atoms with van der Waals surface area (Å²) in [6.45, 7) is 0. The van der Waals surface area contributed by atoms with Crippen molar-refractivity contribution in [1.82, 2.24) is 4.98 Å². The van der Waals surface area contributed by atoms with Gasteiger partial charge >= 0.3 is 0 Å². The Hall–Kier alpha value is -3.28. The lowest BCUT2D eigenvalue weighted by Crippen LogP contribution is -2.13. The summed E-state index contributed by atoms with van der Waals surface area (Å²) in [5.41, 5.74) is 2.91. The van der Waals surface area contributed by atoms with Crippen LogP contribution in [0.5, 0.6) is 11.5 Å². The van der Waals surface area contributed by atoms with Gasteiger partial charge in [-0.05, 0) is 42.5 Å². The number of ether oxygens (including phenoxy) is 2. The number of aromatic nitrogens is 1. The first kappa shape index (κ1) is 21.0. The molecule has 0 aliphatic carbocycles. The van der Waals surface area contributed by atoms with Gasteiger partial charge in [0, 0.05) is 22.0 Å². The van der Waals surface area contributed by atoms with Gasteiger partial charge in [0.15, 0.2) is 0 Å². The van der Waals surface area contributed by atoms with E-state index in [0.29, 0.717) is 44.0 Å². The number of methoxy groups -OCH3 is 2. The lowest BCUT2D eigenvalue weighted by atomic mass is 10.0. The quantitative estimate of drug-likeness (QED) is 0.376. The number of para-hydroxylation sites is 1. The number of pyridine rings is 1. The number of nitrogens with one attached hydrogen (secondary N) is 1. The molecule has 1 N–H and O–H groups in total. The number of anilines is 1. The van der Waals surface area contributed by atoms with Crippen molar-refractivity contribution >= 4 is 45.7 Å². The van der Waals surface area contributed by atoms with Crippen molar-refractivity contribution < 1.29 is 14.3 Å². The molecular weight excluding hydrogens is 435 g/mol. The Morgan fingerprint density at radius 1 is 0.935 bits per heavy atom. The highest BCUT2D eigenvalue weighted by Gasteiger charge is 2.17. The van der Waals surface area contributed by atoms with Crippen LogP contribution >= 0.6 is 23.2 Å². The van der Waals surface area contributed by atoms with Crippen LogP contribution in [0.1, 0.15) is 10.4 Å². The van der Waals surface area contributed by atoms with Crippen molar-refractivity contribution in [3.63, 3.8) is 0 Å². The van der Waals surface area contributed by atoms with Crippen LogP contribution in [0, 0.1) is 0 Å². The monoisotopic (exact) mass is 452 g/mol. The van der Waals surface area contributed by atoms with Crippen molar-refractivity contribution in [3.8, 4) is 22.8 Å². The molecule has 0 saturated carbocycles. The van der Waals surface area contributed by atoms with Gasteiger partial charge in [-0.15, -0.1) is 0 Å². The van der Waals surface area contributed by atoms with Gasteiger partial charge in [-0.3, -0.25) is 4.79 Å². The molecule has 1 aromatic heterocycles. The number of rotatable bonds is 5. The molecule has 4 aromatic rings. The van der Waals surface area contributed by atoms with E-state index in [1.807, 2.05) is 36.4 Å². The maximum Gasteiger partial charge on any atom is 0.256 e. The molecule has 0 atom stereocenters. The van der Waals surface area contributed by atoms with Crippen LogP contribution in [0.3, 0.4) is 0 Å². The van der Waals surface area contributed by atoms with Crippen LogP contribution in [0.2, 0.25) is 10.0 Å². The molecule has 0 radical (unpaired) electrons. The molecule has 31 heavy (non-hydrogen) atoms. The molecule has 1 amide bonds. The van der Waals surface area contributed by atoms with Gasteiger partial charge in [0.25, 0.3) is 5.91 Å². The molecule has 0 bridgehead atoms. The van der Waals surface area contributed by atoms with Gasteiger partial charge in [0.1, 0.15) is 11.5 Å². The molecule has 5 nitrogen and oxygen atoms in total. The third-order valence-corrected chi connectivity index (χ3v) is 5.39. The smallest absolute Gasteiger partial charge is 0.256 e. The minimum Gasteiger partial charge on any atom is -0.497 e. The molecule has 0 unspecified atom stereocenters. The number of hydrogen-bond acceptors (Lipinski definition) is 4. The molecule has 0 fully saturated rings. The Bertz CT molecular complexity index is 1290. The molecule has 4 rings (SSSR count). The second-order valence-electron chi connectivity index (χ2n) is 6.72. The number of carbonyl (C=O) groups is 1. The van der Waals surface area contributed by atoms with E-state index in [2.05, 4.69) is 5.32 Å².